The lowest BCUT2D eigenvalue weighted by atomic mass is 10.1. The fourth-order valence-electron chi connectivity index (χ4n) is 2.66. The number of thiophene rings is 1. The smallest absolute Gasteiger partial charge is 0.124 e. The van der Waals surface area contributed by atoms with E-state index in [9.17, 15) is 0 Å². The van der Waals surface area contributed by atoms with Crippen LogP contribution < -0.4 is 5.73 Å². The van der Waals surface area contributed by atoms with Crippen molar-refractivity contribution >= 4 is 17.2 Å². The summed E-state index contributed by atoms with van der Waals surface area (Å²) in [7, 11) is 1.91. The van der Waals surface area contributed by atoms with Crippen LogP contribution in [0.2, 0.25) is 0 Å². The molecule has 0 saturated carbocycles. The zero-order chi connectivity index (χ0) is 12.7. The Bertz CT molecular complexity index is 557. The molecule has 3 rings (SSSR count). The third-order valence-electron chi connectivity index (χ3n) is 3.82. The molecule has 0 fully saturated rings. The van der Waals surface area contributed by atoms with E-state index in [-0.39, 0.29) is 0 Å². The topological polar surface area (TPSA) is 43.8 Å². The van der Waals surface area contributed by atoms with Gasteiger partial charge < -0.3 is 5.73 Å². The Kier molecular flexibility index (Phi) is 2.90. The van der Waals surface area contributed by atoms with Gasteiger partial charge in [-0.1, -0.05) is 6.42 Å². The summed E-state index contributed by atoms with van der Waals surface area (Å²) in [5, 5.41) is 4.55. The van der Waals surface area contributed by atoms with E-state index in [1.807, 2.05) is 18.4 Å². The number of anilines is 1. The van der Waals surface area contributed by atoms with E-state index >= 15 is 0 Å². The van der Waals surface area contributed by atoms with Gasteiger partial charge in [-0.25, -0.2) is 0 Å². The van der Waals surface area contributed by atoms with Gasteiger partial charge in [0.25, 0.3) is 0 Å². The molecule has 0 unspecified atom stereocenters. The zero-order valence-electron chi connectivity index (χ0n) is 11.0. The molecule has 4 heteroatoms. The predicted octanol–water partition coefficient (Wildman–Crippen LogP) is 3.31. The first kappa shape index (κ1) is 11.8. The Hall–Kier alpha value is -1.29. The molecule has 2 heterocycles. The highest BCUT2D eigenvalue weighted by molar-refractivity contribution is 7.15. The summed E-state index contributed by atoms with van der Waals surface area (Å²) in [5.41, 5.74) is 9.70. The molecule has 0 bridgehead atoms. The second-order valence-electron chi connectivity index (χ2n) is 5.10. The molecule has 96 valence electrons. The summed E-state index contributed by atoms with van der Waals surface area (Å²) in [6.45, 7) is 2.06. The Balaban J connectivity index is 2.04. The average molecular weight is 261 g/mol. The van der Waals surface area contributed by atoms with Crippen molar-refractivity contribution in [2.45, 2.75) is 39.0 Å². The van der Waals surface area contributed by atoms with Crippen molar-refractivity contribution in [2.24, 2.45) is 7.05 Å². The van der Waals surface area contributed by atoms with Gasteiger partial charge in [0, 0.05) is 17.5 Å². The van der Waals surface area contributed by atoms with Gasteiger partial charge in [0.1, 0.15) is 11.5 Å². The van der Waals surface area contributed by atoms with Gasteiger partial charge in [-0.05, 0) is 44.2 Å². The van der Waals surface area contributed by atoms with Crippen molar-refractivity contribution in [3.05, 3.63) is 22.1 Å². The predicted molar refractivity (Wildman–Crippen MR) is 76.9 cm³/mol. The van der Waals surface area contributed by atoms with Crippen LogP contribution in [-0.4, -0.2) is 9.78 Å². The molecule has 0 spiro atoms. The van der Waals surface area contributed by atoms with Gasteiger partial charge in [-0.2, -0.15) is 5.10 Å². The van der Waals surface area contributed by atoms with Gasteiger partial charge >= 0.3 is 0 Å². The minimum absolute atomic E-state index is 0.772. The molecule has 0 amide bonds. The van der Waals surface area contributed by atoms with Crippen molar-refractivity contribution in [1.29, 1.82) is 0 Å². The number of nitrogens with zero attached hydrogens (tertiary/aromatic N) is 2. The van der Waals surface area contributed by atoms with Crippen molar-refractivity contribution in [3.8, 4) is 10.6 Å². The van der Waals surface area contributed by atoms with E-state index in [2.05, 4.69) is 18.1 Å². The van der Waals surface area contributed by atoms with Crippen molar-refractivity contribution in [3.63, 3.8) is 0 Å². The van der Waals surface area contributed by atoms with Crippen LogP contribution in [0.5, 0.6) is 0 Å². The van der Waals surface area contributed by atoms with Gasteiger partial charge in [0.05, 0.1) is 4.88 Å². The van der Waals surface area contributed by atoms with Crippen molar-refractivity contribution in [1.82, 2.24) is 9.78 Å². The van der Waals surface area contributed by atoms with E-state index in [1.54, 1.807) is 9.56 Å². The third kappa shape index (κ3) is 1.85. The molecule has 0 atom stereocenters. The number of nitrogen functional groups attached to an aromatic ring is 1. The lowest BCUT2D eigenvalue weighted by molar-refractivity contribution is 0.712. The number of fused-ring (bicyclic) bond motifs is 1. The second-order valence-corrected chi connectivity index (χ2v) is 6.24. The summed E-state index contributed by atoms with van der Waals surface area (Å²) < 4.78 is 1.77. The van der Waals surface area contributed by atoms with Crippen molar-refractivity contribution < 1.29 is 0 Å². The highest BCUT2D eigenvalue weighted by Crippen LogP contribution is 2.36. The monoisotopic (exact) mass is 261 g/mol. The van der Waals surface area contributed by atoms with E-state index in [4.69, 9.17) is 5.73 Å². The largest absolute Gasteiger partial charge is 0.384 e. The Labute approximate surface area is 112 Å². The number of aromatic nitrogens is 2. The number of nitrogens with two attached hydrogens (primary N) is 1. The fourth-order valence-corrected chi connectivity index (χ4v) is 3.96. The first-order valence-electron chi connectivity index (χ1n) is 6.58. The van der Waals surface area contributed by atoms with Crippen LogP contribution in [0.4, 0.5) is 5.82 Å². The van der Waals surface area contributed by atoms with Gasteiger partial charge in [0.15, 0.2) is 0 Å². The second kappa shape index (κ2) is 4.43. The highest BCUT2D eigenvalue weighted by Gasteiger charge is 2.17. The lowest BCUT2D eigenvalue weighted by Crippen LogP contribution is -1.97. The van der Waals surface area contributed by atoms with Crippen LogP contribution in [0, 0.1) is 6.92 Å². The molecule has 0 aromatic carbocycles. The summed E-state index contributed by atoms with van der Waals surface area (Å²) in [6.07, 6.45) is 6.49. The van der Waals surface area contributed by atoms with Gasteiger partial charge in [0.2, 0.25) is 0 Å². The van der Waals surface area contributed by atoms with E-state index in [1.165, 1.54) is 42.5 Å². The number of rotatable bonds is 1. The SMILES string of the molecule is Cc1c(-c2cc3c(s2)CCCCC3)nn(C)c1N. The molecule has 2 aromatic heterocycles. The molecule has 0 aliphatic heterocycles. The normalized spacial score (nSPS) is 15.4. The maximum Gasteiger partial charge on any atom is 0.124 e. The van der Waals surface area contributed by atoms with Crippen molar-refractivity contribution in [2.75, 3.05) is 5.73 Å². The molecule has 0 saturated heterocycles. The zero-order valence-corrected chi connectivity index (χ0v) is 11.8. The summed E-state index contributed by atoms with van der Waals surface area (Å²) in [5.74, 6) is 0.772. The van der Waals surface area contributed by atoms with Crippen LogP contribution in [-0.2, 0) is 19.9 Å². The summed E-state index contributed by atoms with van der Waals surface area (Å²) >= 11 is 1.91. The quantitative estimate of drug-likeness (QED) is 0.800. The molecule has 2 aromatic rings. The molecular formula is C14H19N3S. The van der Waals surface area contributed by atoms with E-state index in [0.717, 1.165) is 17.1 Å². The Morgan fingerprint density at radius 1 is 1.28 bits per heavy atom. The van der Waals surface area contributed by atoms with Crippen LogP contribution >= 0.6 is 11.3 Å². The summed E-state index contributed by atoms with van der Waals surface area (Å²) in [6, 6.07) is 2.33. The maximum atomic E-state index is 5.99. The van der Waals surface area contributed by atoms with Crippen LogP contribution in [0.15, 0.2) is 6.07 Å². The van der Waals surface area contributed by atoms with Gasteiger partial charge in [-0.15, -0.1) is 11.3 Å². The molecule has 0 radical (unpaired) electrons. The molecular weight excluding hydrogens is 242 g/mol. The first-order chi connectivity index (χ1) is 8.66. The first-order valence-corrected chi connectivity index (χ1v) is 7.39. The summed E-state index contributed by atoms with van der Waals surface area (Å²) in [4.78, 5) is 2.85. The lowest BCUT2D eigenvalue weighted by Gasteiger charge is -1.94. The molecule has 1 aliphatic carbocycles. The van der Waals surface area contributed by atoms with Crippen LogP contribution in [0.25, 0.3) is 10.6 Å². The highest BCUT2D eigenvalue weighted by atomic mass is 32.1. The third-order valence-corrected chi connectivity index (χ3v) is 5.06. The standard InChI is InChI=1S/C14H19N3S/c1-9-13(16-17(2)14(9)15)12-8-10-6-4-3-5-7-11(10)18-12/h8H,3-7,15H2,1-2H3. The van der Waals surface area contributed by atoms with E-state index < -0.39 is 0 Å². The number of hydrogen-bond donors (Lipinski definition) is 1. The Morgan fingerprint density at radius 3 is 2.78 bits per heavy atom. The number of hydrogen-bond acceptors (Lipinski definition) is 3. The molecule has 3 nitrogen and oxygen atoms in total. The minimum Gasteiger partial charge on any atom is -0.384 e. The minimum atomic E-state index is 0.772. The fraction of sp³-hybridized carbons (Fsp3) is 0.500. The van der Waals surface area contributed by atoms with E-state index in [0.29, 0.717) is 0 Å². The maximum absolute atomic E-state index is 5.99. The van der Waals surface area contributed by atoms with Crippen LogP contribution in [0.1, 0.15) is 35.3 Å². The number of aryl methyl sites for hydroxylation is 3. The Morgan fingerprint density at radius 2 is 2.06 bits per heavy atom. The average Bonchev–Trinajstić information content (AvgIpc) is 2.77. The molecule has 18 heavy (non-hydrogen) atoms. The van der Waals surface area contributed by atoms with Crippen LogP contribution in [0.3, 0.4) is 0 Å². The van der Waals surface area contributed by atoms with Gasteiger partial charge in [-0.3, -0.25) is 4.68 Å². The molecule has 1 aliphatic rings. The molecule has 2 N–H and O–H groups in total.